The van der Waals surface area contributed by atoms with Crippen molar-refractivity contribution in [2.75, 3.05) is 44.2 Å². The van der Waals surface area contributed by atoms with E-state index in [-0.39, 0.29) is 6.61 Å². The van der Waals surface area contributed by atoms with Gasteiger partial charge >= 0.3 is 0 Å². The van der Waals surface area contributed by atoms with E-state index in [0.29, 0.717) is 5.95 Å². The van der Waals surface area contributed by atoms with Crippen LogP contribution in [0.15, 0.2) is 10.5 Å². The fourth-order valence-electron chi connectivity index (χ4n) is 2.99. The van der Waals surface area contributed by atoms with E-state index in [9.17, 15) is 0 Å². The second-order valence-corrected chi connectivity index (χ2v) is 6.93. The second-order valence-electron chi connectivity index (χ2n) is 6.14. The maximum absolute atomic E-state index is 9.08. The molecule has 2 aromatic heterocycles. The molecule has 0 spiro atoms. The average molecular weight is 395 g/mol. The van der Waals surface area contributed by atoms with Crippen LogP contribution < -0.4 is 4.90 Å². The van der Waals surface area contributed by atoms with E-state index in [1.54, 1.807) is 4.68 Å². The number of aliphatic hydroxyl groups excluding tert-OH is 1. The molecular formula is C16H23BrN6O. The molecule has 1 N–H and O–H groups in total. The molecule has 0 saturated carbocycles. The van der Waals surface area contributed by atoms with E-state index in [4.69, 9.17) is 10.1 Å². The normalized spacial score (nSPS) is 16.0. The Hall–Kier alpha value is -1.51. The van der Waals surface area contributed by atoms with E-state index in [1.807, 2.05) is 26.8 Å². The summed E-state index contributed by atoms with van der Waals surface area (Å²) in [6, 6.07) is 2.02. The highest BCUT2D eigenvalue weighted by molar-refractivity contribution is 9.10. The number of nitrogens with zero attached hydrogens (tertiary/aromatic N) is 6. The standard InChI is InChI=1S/C16H23BrN6O/c1-11-10-12(2)23(20-11)16-18-13(3)14(17)15(19-16)22-6-4-21(5-7-22)8-9-24/h10,24H,4-9H2,1-3H3. The van der Waals surface area contributed by atoms with E-state index in [0.717, 1.165) is 60.1 Å². The molecule has 7 nitrogen and oxygen atoms in total. The van der Waals surface area contributed by atoms with Gasteiger partial charge in [-0.3, -0.25) is 4.90 Å². The lowest BCUT2D eigenvalue weighted by Gasteiger charge is -2.35. The van der Waals surface area contributed by atoms with Crippen LogP contribution in [0.3, 0.4) is 0 Å². The van der Waals surface area contributed by atoms with Gasteiger partial charge in [-0.05, 0) is 42.8 Å². The van der Waals surface area contributed by atoms with Crippen LogP contribution >= 0.6 is 15.9 Å². The monoisotopic (exact) mass is 394 g/mol. The fourth-order valence-corrected chi connectivity index (χ4v) is 3.42. The van der Waals surface area contributed by atoms with Crippen LogP contribution in [0.5, 0.6) is 0 Å². The molecule has 0 radical (unpaired) electrons. The maximum Gasteiger partial charge on any atom is 0.253 e. The number of hydrogen-bond donors (Lipinski definition) is 1. The first-order valence-corrected chi connectivity index (χ1v) is 8.95. The second kappa shape index (κ2) is 7.16. The van der Waals surface area contributed by atoms with E-state index in [1.165, 1.54) is 0 Å². The highest BCUT2D eigenvalue weighted by Gasteiger charge is 2.22. The molecule has 3 rings (SSSR count). The van der Waals surface area contributed by atoms with Gasteiger partial charge in [-0.25, -0.2) is 9.67 Å². The van der Waals surface area contributed by atoms with Crippen molar-refractivity contribution in [3.63, 3.8) is 0 Å². The number of piperazine rings is 1. The van der Waals surface area contributed by atoms with Crippen molar-refractivity contribution < 1.29 is 5.11 Å². The summed E-state index contributed by atoms with van der Waals surface area (Å²) in [6.45, 7) is 10.5. The SMILES string of the molecule is Cc1cc(C)n(-c2nc(C)c(Br)c(N3CCN(CCO)CC3)n2)n1. The van der Waals surface area contributed by atoms with Crippen LogP contribution in [-0.4, -0.2) is 69.1 Å². The van der Waals surface area contributed by atoms with Crippen LogP contribution in [0.4, 0.5) is 5.82 Å². The molecule has 1 saturated heterocycles. The summed E-state index contributed by atoms with van der Waals surface area (Å²) in [7, 11) is 0. The fraction of sp³-hybridized carbons (Fsp3) is 0.562. The van der Waals surface area contributed by atoms with E-state index < -0.39 is 0 Å². The van der Waals surface area contributed by atoms with Crippen LogP contribution in [0.1, 0.15) is 17.1 Å². The lowest BCUT2D eigenvalue weighted by Crippen LogP contribution is -2.47. The molecule has 3 heterocycles. The number of anilines is 1. The minimum absolute atomic E-state index is 0.207. The Bertz CT molecular complexity index is 724. The number of aliphatic hydroxyl groups is 1. The molecule has 130 valence electrons. The molecule has 0 bridgehead atoms. The van der Waals surface area contributed by atoms with Gasteiger partial charge in [0.2, 0.25) is 0 Å². The van der Waals surface area contributed by atoms with Crippen molar-refractivity contribution in [3.8, 4) is 5.95 Å². The zero-order valence-electron chi connectivity index (χ0n) is 14.3. The van der Waals surface area contributed by atoms with Crippen molar-refractivity contribution >= 4 is 21.7 Å². The third-order valence-corrected chi connectivity index (χ3v) is 5.20. The summed E-state index contributed by atoms with van der Waals surface area (Å²) < 4.78 is 2.73. The van der Waals surface area contributed by atoms with Crippen LogP contribution in [-0.2, 0) is 0 Å². The number of rotatable bonds is 4. The van der Waals surface area contributed by atoms with Gasteiger partial charge in [0.15, 0.2) is 0 Å². The van der Waals surface area contributed by atoms with Crippen molar-refractivity contribution in [3.05, 3.63) is 27.6 Å². The van der Waals surface area contributed by atoms with Gasteiger partial charge in [-0.1, -0.05) is 0 Å². The van der Waals surface area contributed by atoms with Gasteiger partial charge in [0.25, 0.3) is 5.95 Å². The van der Waals surface area contributed by atoms with Crippen molar-refractivity contribution in [2.45, 2.75) is 20.8 Å². The Balaban J connectivity index is 1.90. The first-order chi connectivity index (χ1) is 11.5. The summed E-state index contributed by atoms with van der Waals surface area (Å²) in [5.41, 5.74) is 2.88. The molecular weight excluding hydrogens is 372 g/mol. The predicted octanol–water partition coefficient (Wildman–Crippen LogP) is 1.46. The predicted molar refractivity (Wildman–Crippen MR) is 96.8 cm³/mol. The quantitative estimate of drug-likeness (QED) is 0.846. The largest absolute Gasteiger partial charge is 0.395 e. The topological polar surface area (TPSA) is 70.3 Å². The lowest BCUT2D eigenvalue weighted by atomic mass is 10.3. The molecule has 0 amide bonds. The van der Waals surface area contributed by atoms with Crippen LogP contribution in [0.2, 0.25) is 0 Å². The average Bonchev–Trinajstić information content (AvgIpc) is 2.90. The summed E-state index contributed by atoms with van der Waals surface area (Å²) >= 11 is 3.64. The number of aryl methyl sites for hydroxylation is 3. The van der Waals surface area contributed by atoms with Crippen LogP contribution in [0.25, 0.3) is 5.95 Å². The summed E-state index contributed by atoms with van der Waals surface area (Å²) in [5, 5.41) is 13.6. The number of halogens is 1. The molecule has 0 atom stereocenters. The Morgan fingerprint density at radius 3 is 2.42 bits per heavy atom. The number of β-amino-alcohol motifs (C(OH)–C–C–N with tert-alkyl or cyclic N) is 1. The molecule has 24 heavy (non-hydrogen) atoms. The van der Waals surface area contributed by atoms with Crippen molar-refractivity contribution in [2.24, 2.45) is 0 Å². The Morgan fingerprint density at radius 2 is 1.83 bits per heavy atom. The Labute approximate surface area is 150 Å². The highest BCUT2D eigenvalue weighted by atomic mass is 79.9. The Morgan fingerprint density at radius 1 is 1.12 bits per heavy atom. The minimum atomic E-state index is 0.207. The molecule has 1 aliphatic rings. The molecule has 8 heteroatoms. The van der Waals surface area contributed by atoms with Gasteiger partial charge in [0.05, 0.1) is 22.5 Å². The summed E-state index contributed by atoms with van der Waals surface area (Å²) in [6.07, 6.45) is 0. The maximum atomic E-state index is 9.08. The van der Waals surface area contributed by atoms with Crippen LogP contribution in [0, 0.1) is 20.8 Å². The first-order valence-electron chi connectivity index (χ1n) is 8.15. The molecule has 0 aliphatic carbocycles. The van der Waals surface area contributed by atoms with Crippen molar-refractivity contribution in [1.82, 2.24) is 24.6 Å². The molecule has 1 aliphatic heterocycles. The third-order valence-electron chi connectivity index (χ3n) is 4.27. The minimum Gasteiger partial charge on any atom is -0.395 e. The number of hydrogen-bond acceptors (Lipinski definition) is 6. The zero-order valence-corrected chi connectivity index (χ0v) is 15.9. The third kappa shape index (κ3) is 3.45. The molecule has 2 aromatic rings. The van der Waals surface area contributed by atoms with Gasteiger partial charge in [0, 0.05) is 38.4 Å². The van der Waals surface area contributed by atoms with Gasteiger partial charge in [0.1, 0.15) is 5.82 Å². The first kappa shape index (κ1) is 17.3. The highest BCUT2D eigenvalue weighted by Crippen LogP contribution is 2.28. The molecule has 0 aromatic carbocycles. The Kier molecular flexibility index (Phi) is 5.17. The zero-order chi connectivity index (χ0) is 17.3. The van der Waals surface area contributed by atoms with Gasteiger partial charge in [-0.15, -0.1) is 0 Å². The van der Waals surface area contributed by atoms with Crippen molar-refractivity contribution in [1.29, 1.82) is 0 Å². The summed E-state index contributed by atoms with van der Waals surface area (Å²) in [4.78, 5) is 13.9. The van der Waals surface area contributed by atoms with E-state index in [2.05, 4.69) is 35.8 Å². The smallest absolute Gasteiger partial charge is 0.253 e. The molecule has 1 fully saturated rings. The van der Waals surface area contributed by atoms with Gasteiger partial charge in [-0.2, -0.15) is 10.1 Å². The van der Waals surface area contributed by atoms with E-state index >= 15 is 0 Å². The molecule has 0 unspecified atom stereocenters. The lowest BCUT2D eigenvalue weighted by molar-refractivity contribution is 0.188. The van der Waals surface area contributed by atoms with Gasteiger partial charge < -0.3 is 10.0 Å². The summed E-state index contributed by atoms with van der Waals surface area (Å²) in [5.74, 6) is 1.52. The number of aromatic nitrogens is 4.